The van der Waals surface area contributed by atoms with Crippen molar-refractivity contribution in [3.05, 3.63) is 35.9 Å². The van der Waals surface area contributed by atoms with Crippen molar-refractivity contribution >= 4 is 9.28 Å². The Morgan fingerprint density at radius 1 is 1.06 bits per heavy atom. The van der Waals surface area contributed by atoms with Gasteiger partial charge in [0.2, 0.25) is 0 Å². The van der Waals surface area contributed by atoms with Crippen LogP contribution in [0.1, 0.15) is 5.56 Å². The van der Waals surface area contributed by atoms with Gasteiger partial charge in [0.05, 0.1) is 0 Å². The van der Waals surface area contributed by atoms with Crippen LogP contribution in [0.3, 0.4) is 0 Å². The summed E-state index contributed by atoms with van der Waals surface area (Å²) in [5.74, 6) is 0. The van der Waals surface area contributed by atoms with E-state index in [4.69, 9.17) is 18.3 Å². The van der Waals surface area contributed by atoms with E-state index in [9.17, 15) is 0 Å². The van der Waals surface area contributed by atoms with Crippen molar-refractivity contribution in [2.24, 2.45) is 0 Å². The molecule has 0 radical (unpaired) electrons. The van der Waals surface area contributed by atoms with E-state index in [2.05, 4.69) is 12.1 Å². The Morgan fingerprint density at radius 3 is 2.19 bits per heavy atom. The fourth-order valence-corrected chi connectivity index (χ4v) is 2.83. The molecular weight excluding hydrogens is 224 g/mol. The van der Waals surface area contributed by atoms with Gasteiger partial charge in [-0.2, -0.15) is 0 Å². The predicted octanol–water partition coefficient (Wildman–Crippen LogP) is 1.23. The Balaban J connectivity index is 2.49. The van der Waals surface area contributed by atoms with E-state index in [1.807, 2.05) is 18.2 Å². The van der Waals surface area contributed by atoms with Crippen LogP contribution in [-0.2, 0) is 24.4 Å². The number of hydrogen-bond acceptors (Lipinski definition) is 4. The Labute approximate surface area is 97.9 Å². The van der Waals surface area contributed by atoms with E-state index >= 15 is 0 Å². The largest absolute Gasteiger partial charge is 0.400 e. The second-order valence-electron chi connectivity index (χ2n) is 3.25. The van der Waals surface area contributed by atoms with Crippen LogP contribution in [0.2, 0.25) is 0 Å². The van der Waals surface area contributed by atoms with Crippen molar-refractivity contribution in [2.45, 2.75) is 12.5 Å². The van der Waals surface area contributed by atoms with Crippen molar-refractivity contribution in [3.8, 4) is 0 Å². The molecule has 0 heterocycles. The summed E-state index contributed by atoms with van der Waals surface area (Å²) in [6, 6.07) is 10.9. The molecule has 1 atom stereocenters. The summed E-state index contributed by atoms with van der Waals surface area (Å²) in [7, 11) is 2.95. The summed E-state index contributed by atoms with van der Waals surface area (Å²) in [6.07, 6.45) is 0. The lowest BCUT2D eigenvalue weighted by Gasteiger charge is -2.20. The molecule has 0 saturated carbocycles. The van der Waals surface area contributed by atoms with Crippen molar-refractivity contribution in [2.75, 3.05) is 21.3 Å². The fraction of sp³-hybridized carbons (Fsp3) is 0.455. The maximum atomic E-state index is 5.57. The third-order valence-corrected chi connectivity index (χ3v) is 4.01. The van der Waals surface area contributed by atoms with Gasteiger partial charge < -0.3 is 18.3 Å². The van der Waals surface area contributed by atoms with E-state index in [-0.39, 0.29) is 0 Å². The van der Waals surface area contributed by atoms with Crippen LogP contribution in [0, 0.1) is 0 Å². The van der Waals surface area contributed by atoms with Crippen LogP contribution >= 0.6 is 0 Å². The molecule has 5 heteroatoms. The maximum absolute atomic E-state index is 5.57. The van der Waals surface area contributed by atoms with Crippen molar-refractivity contribution < 1.29 is 18.3 Å². The number of rotatable bonds is 7. The smallest absolute Gasteiger partial charge is 0.330 e. The molecule has 1 unspecified atom stereocenters. The molecule has 0 amide bonds. The minimum atomic E-state index is -1.78. The van der Waals surface area contributed by atoms with Crippen LogP contribution in [0.15, 0.2) is 30.3 Å². The molecule has 0 aliphatic carbocycles. The second-order valence-corrected chi connectivity index (χ2v) is 5.26. The molecule has 0 fully saturated rings. The van der Waals surface area contributed by atoms with Gasteiger partial charge in [-0.15, -0.1) is 0 Å². The molecule has 90 valence electrons. The molecule has 1 rings (SSSR count). The third kappa shape index (κ3) is 4.42. The van der Waals surface area contributed by atoms with Gasteiger partial charge in [-0.1, -0.05) is 30.3 Å². The molecule has 1 aromatic carbocycles. The van der Waals surface area contributed by atoms with Crippen molar-refractivity contribution in [3.63, 3.8) is 0 Å². The van der Waals surface area contributed by atoms with E-state index in [1.54, 1.807) is 7.11 Å². The first-order valence-corrected chi connectivity index (χ1v) is 6.84. The first-order chi connectivity index (χ1) is 7.80. The van der Waals surface area contributed by atoms with Crippen LogP contribution in [0.5, 0.6) is 0 Å². The summed E-state index contributed by atoms with van der Waals surface area (Å²) >= 11 is 0. The van der Waals surface area contributed by atoms with Gasteiger partial charge in [-0.25, -0.2) is 0 Å². The Morgan fingerprint density at radius 2 is 1.69 bits per heavy atom. The highest BCUT2D eigenvalue weighted by Gasteiger charge is 2.18. The molecule has 0 spiro atoms. The fourth-order valence-electron chi connectivity index (χ4n) is 1.32. The first-order valence-electron chi connectivity index (χ1n) is 5.08. The average Bonchev–Trinajstić information content (AvgIpc) is 2.35. The van der Waals surface area contributed by atoms with E-state index in [0.29, 0.717) is 0 Å². The zero-order valence-electron chi connectivity index (χ0n) is 9.88. The summed E-state index contributed by atoms with van der Waals surface area (Å²) in [5.41, 5.74) is 1.20. The lowest BCUT2D eigenvalue weighted by Crippen LogP contribution is -2.32. The van der Waals surface area contributed by atoms with Gasteiger partial charge in [0.25, 0.3) is 6.48 Å². The SMILES string of the molecule is COC(OC)O[SiH](Cc1ccccc1)OC. The minimum absolute atomic E-state index is 0.639. The van der Waals surface area contributed by atoms with Gasteiger partial charge in [0.15, 0.2) is 0 Å². The lowest BCUT2D eigenvalue weighted by molar-refractivity contribution is -0.227. The molecule has 0 saturated heterocycles. The third-order valence-electron chi connectivity index (χ3n) is 2.16. The highest BCUT2D eigenvalue weighted by Crippen LogP contribution is 2.06. The van der Waals surface area contributed by atoms with Crippen molar-refractivity contribution in [1.29, 1.82) is 0 Å². The van der Waals surface area contributed by atoms with E-state index in [0.717, 1.165) is 6.04 Å². The first kappa shape index (κ1) is 13.3. The molecule has 16 heavy (non-hydrogen) atoms. The molecule has 0 bridgehead atoms. The standard InChI is InChI=1S/C11H18O4Si/c1-12-11(13-2)15-16(14-3)9-10-7-5-4-6-8-10/h4-8,11,16H,9H2,1-3H3. The van der Waals surface area contributed by atoms with E-state index < -0.39 is 15.8 Å². The van der Waals surface area contributed by atoms with Gasteiger partial charge in [0, 0.05) is 27.4 Å². The number of methoxy groups -OCH3 is 2. The lowest BCUT2D eigenvalue weighted by atomic mass is 10.2. The van der Waals surface area contributed by atoms with Crippen LogP contribution in [0.4, 0.5) is 0 Å². The maximum Gasteiger partial charge on any atom is 0.330 e. The molecule has 4 nitrogen and oxygen atoms in total. The molecule has 1 aromatic rings. The van der Waals surface area contributed by atoms with Crippen LogP contribution < -0.4 is 0 Å². The topological polar surface area (TPSA) is 36.9 Å². The zero-order chi connectivity index (χ0) is 11.8. The molecule has 0 aliphatic rings. The monoisotopic (exact) mass is 242 g/mol. The Bertz CT molecular complexity index is 277. The summed E-state index contributed by atoms with van der Waals surface area (Å²) in [4.78, 5) is 0. The van der Waals surface area contributed by atoms with E-state index in [1.165, 1.54) is 19.8 Å². The van der Waals surface area contributed by atoms with Gasteiger partial charge in [-0.3, -0.25) is 0 Å². The number of benzene rings is 1. The highest BCUT2D eigenvalue weighted by molar-refractivity contribution is 6.43. The van der Waals surface area contributed by atoms with Gasteiger partial charge in [0.1, 0.15) is 0 Å². The molecular formula is C11H18O4Si. The summed E-state index contributed by atoms with van der Waals surface area (Å²) in [5, 5.41) is 0. The number of ether oxygens (including phenoxy) is 2. The van der Waals surface area contributed by atoms with Crippen LogP contribution in [-0.4, -0.2) is 37.1 Å². The zero-order valence-corrected chi connectivity index (χ0v) is 11.0. The average molecular weight is 242 g/mol. The molecule has 0 aliphatic heterocycles. The molecule has 0 aromatic heterocycles. The molecule has 0 N–H and O–H groups in total. The Kier molecular flexibility index (Phi) is 6.28. The normalized spacial score (nSPS) is 13.0. The van der Waals surface area contributed by atoms with Gasteiger partial charge in [-0.05, 0) is 5.56 Å². The predicted molar refractivity (Wildman–Crippen MR) is 63.2 cm³/mol. The number of hydrogen-bond donors (Lipinski definition) is 0. The Hall–Kier alpha value is -0.723. The quantitative estimate of drug-likeness (QED) is 0.532. The van der Waals surface area contributed by atoms with Crippen LogP contribution in [0.25, 0.3) is 0 Å². The van der Waals surface area contributed by atoms with Gasteiger partial charge >= 0.3 is 9.28 Å². The van der Waals surface area contributed by atoms with Crippen molar-refractivity contribution in [1.82, 2.24) is 0 Å². The summed E-state index contributed by atoms with van der Waals surface area (Å²) in [6.45, 7) is -0.639. The minimum Gasteiger partial charge on any atom is -0.400 e. The highest BCUT2D eigenvalue weighted by atomic mass is 28.3. The summed E-state index contributed by atoms with van der Waals surface area (Å²) < 4.78 is 20.9. The second kappa shape index (κ2) is 7.53.